The number of hydrogen-bond donors (Lipinski definition) is 0. The molecular weight excluding hydrogens is 777 g/mol. The highest BCUT2D eigenvalue weighted by Crippen LogP contribution is 2.44. The molecule has 0 spiro atoms. The minimum absolute atomic E-state index is 0.0626. The van der Waals surface area contributed by atoms with Gasteiger partial charge in [-0.05, 0) is 58.7 Å². The second kappa shape index (κ2) is 18.7. The van der Waals surface area contributed by atoms with Gasteiger partial charge in [0.2, 0.25) is 0 Å². The van der Waals surface area contributed by atoms with Crippen LogP contribution < -0.4 is 4.90 Å². The lowest BCUT2D eigenvalue weighted by Crippen LogP contribution is -2.59. The predicted molar refractivity (Wildman–Crippen MR) is 241 cm³/mol. The quantitative estimate of drug-likeness (QED) is 0.0441. The number of rotatable bonds is 17. The van der Waals surface area contributed by atoms with Crippen molar-refractivity contribution in [1.82, 2.24) is 24.5 Å². The third-order valence-electron chi connectivity index (χ3n) is 10.7. The number of nitrogens with zero attached hydrogens (tertiary/aromatic N) is 6. The number of ether oxygens (including phenoxy) is 5. The van der Waals surface area contributed by atoms with Crippen LogP contribution in [0.1, 0.15) is 57.7 Å². The van der Waals surface area contributed by atoms with Crippen molar-refractivity contribution in [2.75, 3.05) is 51.4 Å². The van der Waals surface area contributed by atoms with Gasteiger partial charge in [0.25, 0.3) is 0 Å². The maximum absolute atomic E-state index is 13.7. The first kappa shape index (κ1) is 44.5. The Bertz CT molecular complexity index is 2000. The number of pyridine rings is 1. The van der Waals surface area contributed by atoms with Crippen LogP contribution in [0.2, 0.25) is 51.4 Å². The van der Waals surface area contributed by atoms with E-state index in [1.165, 1.54) is 0 Å². The first-order chi connectivity index (χ1) is 27.9. The van der Waals surface area contributed by atoms with Gasteiger partial charge in [0.05, 0.1) is 55.1 Å². The summed E-state index contributed by atoms with van der Waals surface area (Å²) in [6, 6.07) is 16.0. The van der Waals surface area contributed by atoms with Crippen LogP contribution in [0.3, 0.4) is 0 Å². The molecule has 1 aromatic carbocycles. The molecule has 4 aromatic rings. The summed E-state index contributed by atoms with van der Waals surface area (Å²) in [5, 5.41) is 5.05. The number of carbonyl (C=O) groups excluding carboxylic acids is 1. The first-order valence-corrected chi connectivity index (χ1v) is 28.6. The van der Waals surface area contributed by atoms with E-state index >= 15 is 0 Å². The fraction of sp³-hybridized carbons (Fsp3) is 0.556. The van der Waals surface area contributed by atoms with Crippen molar-refractivity contribution >= 4 is 39.5 Å². The van der Waals surface area contributed by atoms with Crippen molar-refractivity contribution in [3.8, 4) is 22.4 Å². The fourth-order valence-electron chi connectivity index (χ4n) is 7.65. The average Bonchev–Trinajstić information content (AvgIpc) is 3.59. The topological polar surface area (TPSA) is 113 Å². The van der Waals surface area contributed by atoms with Gasteiger partial charge < -0.3 is 28.6 Å². The zero-order valence-electron chi connectivity index (χ0n) is 37.0. The number of amides is 1. The van der Waals surface area contributed by atoms with Gasteiger partial charge in [-0.1, -0.05) is 82.3 Å². The zero-order chi connectivity index (χ0) is 42.5. The van der Waals surface area contributed by atoms with Crippen LogP contribution in [0.5, 0.6) is 0 Å². The van der Waals surface area contributed by atoms with Gasteiger partial charge in [-0.2, -0.15) is 9.61 Å². The van der Waals surface area contributed by atoms with Crippen molar-refractivity contribution in [2.45, 2.75) is 116 Å². The summed E-state index contributed by atoms with van der Waals surface area (Å²) in [6.07, 6.45) is 4.71. The van der Waals surface area contributed by atoms with Crippen LogP contribution in [0.4, 0.5) is 10.6 Å². The normalized spacial score (nSPS) is 18.5. The Hall–Kier alpha value is -4.09. The maximum atomic E-state index is 13.7. The van der Waals surface area contributed by atoms with Crippen molar-refractivity contribution in [2.24, 2.45) is 0 Å². The Balaban J connectivity index is 1.50. The lowest BCUT2D eigenvalue weighted by molar-refractivity contribution is -0.0827. The number of aromatic nitrogens is 4. The first-order valence-electron chi connectivity index (χ1n) is 21.2. The number of morpholine rings is 1. The van der Waals surface area contributed by atoms with Crippen LogP contribution in [0.15, 0.2) is 61.4 Å². The predicted octanol–water partition coefficient (Wildman–Crippen LogP) is 9.78. The van der Waals surface area contributed by atoms with Crippen molar-refractivity contribution < 1.29 is 28.5 Å². The van der Waals surface area contributed by atoms with Gasteiger partial charge in [-0.15, -0.1) is 0 Å². The molecule has 59 heavy (non-hydrogen) atoms. The minimum Gasteiger partial charge on any atom is -0.494 e. The Morgan fingerprint density at radius 2 is 1.53 bits per heavy atom. The number of carbonyl (C=O) groups is 1. The van der Waals surface area contributed by atoms with E-state index in [1.807, 2.05) is 73.8 Å². The van der Waals surface area contributed by atoms with E-state index in [-0.39, 0.29) is 37.6 Å². The molecule has 6 rings (SSSR count). The van der Waals surface area contributed by atoms with Gasteiger partial charge in [-0.25, -0.2) is 9.78 Å². The highest BCUT2D eigenvalue weighted by Gasteiger charge is 2.45. The lowest BCUT2D eigenvalue weighted by Gasteiger charge is -2.48. The van der Waals surface area contributed by atoms with Gasteiger partial charge in [0, 0.05) is 58.2 Å². The Labute approximate surface area is 353 Å². The highest BCUT2D eigenvalue weighted by molar-refractivity contribution is 6.76. The van der Waals surface area contributed by atoms with Gasteiger partial charge in [-0.3, -0.25) is 9.88 Å². The van der Waals surface area contributed by atoms with E-state index in [2.05, 4.69) is 69.0 Å². The molecule has 320 valence electrons. The van der Waals surface area contributed by atoms with E-state index < -0.39 is 21.7 Å². The molecule has 5 heterocycles. The Kier molecular flexibility index (Phi) is 14.1. The molecule has 2 unspecified atom stereocenters. The second-order valence-electron chi connectivity index (χ2n) is 19.3. The van der Waals surface area contributed by atoms with Crippen molar-refractivity contribution in [3.63, 3.8) is 0 Å². The van der Waals surface area contributed by atoms with E-state index in [0.29, 0.717) is 57.3 Å². The standard InChI is InChI=1S/C45H66N6O6Si2/c1-12-56-32(2)40-41(35-24-36-28-55-29-37(25-35)50(36)44(52)57-45(3,4)5)48-42-38(34-18-19-39(46-26-34)33-16-14-13-15-17-33)27-47-51(42)43(40)49(30-53-20-22-58(6,7)8)31-54-21-23-59(9,10)11/h13-19,26-27,35-37H,2,12,20-25,28-31H2,1,3-11H3. The largest absolute Gasteiger partial charge is 0.494 e. The van der Waals surface area contributed by atoms with E-state index in [1.54, 1.807) is 0 Å². The third-order valence-corrected chi connectivity index (χ3v) is 14.1. The summed E-state index contributed by atoms with van der Waals surface area (Å²) >= 11 is 0. The monoisotopic (exact) mass is 842 g/mol. The molecule has 14 heteroatoms. The van der Waals surface area contributed by atoms with E-state index in [0.717, 1.165) is 51.5 Å². The molecule has 2 aliphatic heterocycles. The molecule has 12 nitrogen and oxygen atoms in total. The molecule has 2 bridgehead atoms. The molecule has 1 amide bonds. The van der Waals surface area contributed by atoms with Gasteiger partial charge in [0.1, 0.15) is 30.6 Å². The summed E-state index contributed by atoms with van der Waals surface area (Å²) in [5.74, 6) is 1.19. The van der Waals surface area contributed by atoms with Crippen LogP contribution in [-0.4, -0.2) is 111 Å². The Morgan fingerprint density at radius 1 is 0.898 bits per heavy atom. The molecule has 2 atom stereocenters. The minimum atomic E-state index is -1.36. The number of anilines is 1. The number of fused-ring (bicyclic) bond motifs is 3. The summed E-state index contributed by atoms with van der Waals surface area (Å²) in [4.78, 5) is 28.1. The number of hydrogen-bond acceptors (Lipinski definition) is 10. The molecule has 0 aliphatic carbocycles. The molecule has 2 fully saturated rings. The zero-order valence-corrected chi connectivity index (χ0v) is 39.0. The number of piperidine rings is 1. The Morgan fingerprint density at radius 3 is 2.07 bits per heavy atom. The highest BCUT2D eigenvalue weighted by atomic mass is 28.3. The van der Waals surface area contributed by atoms with Gasteiger partial charge >= 0.3 is 6.09 Å². The SMILES string of the molecule is C=C(OCC)c1c(C2CC3COCC(C2)N3C(=O)OC(C)(C)C)nc2c(-c3ccc(-c4ccccc4)nc3)cnn2c1N(COCC[Si](C)(C)C)COCC[Si](C)(C)C. The average molecular weight is 843 g/mol. The van der Waals surface area contributed by atoms with Gasteiger partial charge in [0.15, 0.2) is 5.65 Å². The van der Waals surface area contributed by atoms with Crippen LogP contribution >= 0.6 is 0 Å². The van der Waals surface area contributed by atoms with Crippen LogP contribution in [0, 0.1) is 0 Å². The molecule has 0 N–H and O–H groups in total. The number of benzene rings is 1. The molecule has 0 saturated carbocycles. The molecule has 3 aromatic heterocycles. The van der Waals surface area contributed by atoms with Crippen molar-refractivity contribution in [1.29, 1.82) is 0 Å². The summed E-state index contributed by atoms with van der Waals surface area (Å²) in [6.45, 7) is 29.4. The maximum Gasteiger partial charge on any atom is 0.410 e. The summed E-state index contributed by atoms with van der Waals surface area (Å²) < 4.78 is 33.2. The molecule has 2 aliphatic rings. The van der Waals surface area contributed by atoms with Crippen molar-refractivity contribution in [3.05, 3.63) is 72.7 Å². The smallest absolute Gasteiger partial charge is 0.410 e. The van der Waals surface area contributed by atoms with E-state index in [9.17, 15) is 4.79 Å². The molecule has 0 radical (unpaired) electrons. The van der Waals surface area contributed by atoms with E-state index in [4.69, 9.17) is 38.8 Å². The molecular formula is C45H66N6O6Si2. The third kappa shape index (κ3) is 11.4. The molecule has 2 saturated heterocycles. The second-order valence-corrected chi connectivity index (χ2v) is 30.5. The fourth-order valence-corrected chi connectivity index (χ4v) is 9.16. The summed E-state index contributed by atoms with van der Waals surface area (Å²) in [7, 11) is -2.72. The summed E-state index contributed by atoms with van der Waals surface area (Å²) in [5.41, 5.74) is 5.36. The van der Waals surface area contributed by atoms with Crippen LogP contribution in [-0.2, 0) is 23.7 Å². The lowest BCUT2D eigenvalue weighted by atomic mass is 9.81. The van der Waals surface area contributed by atoms with Crippen LogP contribution in [0.25, 0.3) is 33.8 Å².